The molecule has 3 aromatic rings. The van der Waals surface area contributed by atoms with Crippen molar-refractivity contribution in [3.05, 3.63) is 71.4 Å². The second-order valence-corrected chi connectivity index (χ2v) is 9.11. The van der Waals surface area contributed by atoms with E-state index in [1.54, 1.807) is 35.1 Å². The second-order valence-electron chi connectivity index (χ2n) is 6.42. The first-order valence-electron chi connectivity index (χ1n) is 8.70. The number of carbonyl (C=O) groups is 1. The number of benzene rings is 2. The number of nitrogens with one attached hydrogen (secondary N) is 1. The van der Waals surface area contributed by atoms with E-state index in [1.165, 1.54) is 6.26 Å². The fourth-order valence-electron chi connectivity index (χ4n) is 2.71. The predicted molar refractivity (Wildman–Crippen MR) is 111 cm³/mol. The Morgan fingerprint density at radius 3 is 2.43 bits per heavy atom. The van der Waals surface area contributed by atoms with Crippen LogP contribution in [0.2, 0.25) is 5.02 Å². The van der Waals surface area contributed by atoms with Crippen molar-refractivity contribution >= 4 is 27.3 Å². The van der Waals surface area contributed by atoms with Gasteiger partial charge in [0.25, 0.3) is 5.91 Å². The standard InChI is InChI=1S/C20H20ClN3O3S/c1-28(26,27)13-5-12-22-20(25)18-14-24(17-6-3-2-4-7-17)23-19(18)15-8-10-16(21)11-9-15/h2-4,6-11,14H,5,12-13H2,1H3,(H,22,25). The van der Waals surface area contributed by atoms with Crippen molar-refractivity contribution in [1.82, 2.24) is 15.1 Å². The Hall–Kier alpha value is -2.64. The Balaban J connectivity index is 1.88. The highest BCUT2D eigenvalue weighted by atomic mass is 35.5. The maximum Gasteiger partial charge on any atom is 0.255 e. The normalized spacial score (nSPS) is 11.4. The molecule has 0 aliphatic carbocycles. The van der Waals surface area contributed by atoms with Gasteiger partial charge in [0.05, 0.1) is 17.0 Å². The zero-order valence-corrected chi connectivity index (χ0v) is 16.9. The van der Waals surface area contributed by atoms with Crippen LogP contribution in [0.25, 0.3) is 16.9 Å². The van der Waals surface area contributed by atoms with Crippen molar-refractivity contribution in [2.45, 2.75) is 6.42 Å². The minimum Gasteiger partial charge on any atom is -0.352 e. The maximum absolute atomic E-state index is 12.7. The van der Waals surface area contributed by atoms with Gasteiger partial charge in [0.15, 0.2) is 0 Å². The lowest BCUT2D eigenvalue weighted by molar-refractivity contribution is 0.0954. The molecule has 0 saturated heterocycles. The van der Waals surface area contributed by atoms with E-state index < -0.39 is 9.84 Å². The lowest BCUT2D eigenvalue weighted by atomic mass is 10.1. The molecule has 0 unspecified atom stereocenters. The fraction of sp³-hybridized carbons (Fsp3) is 0.200. The zero-order valence-electron chi connectivity index (χ0n) is 15.3. The van der Waals surface area contributed by atoms with Crippen LogP contribution < -0.4 is 5.32 Å². The fourth-order valence-corrected chi connectivity index (χ4v) is 3.50. The Morgan fingerprint density at radius 2 is 1.79 bits per heavy atom. The largest absolute Gasteiger partial charge is 0.352 e. The van der Waals surface area contributed by atoms with Gasteiger partial charge >= 0.3 is 0 Å². The summed E-state index contributed by atoms with van der Waals surface area (Å²) in [6.07, 6.45) is 3.20. The summed E-state index contributed by atoms with van der Waals surface area (Å²) in [5, 5.41) is 7.96. The topological polar surface area (TPSA) is 81.1 Å². The first-order chi connectivity index (χ1) is 13.3. The molecule has 0 fully saturated rings. The molecular formula is C20H20ClN3O3S. The minimum absolute atomic E-state index is 0.0284. The van der Waals surface area contributed by atoms with E-state index in [9.17, 15) is 13.2 Å². The van der Waals surface area contributed by atoms with Gasteiger partial charge in [-0.25, -0.2) is 13.1 Å². The lowest BCUT2D eigenvalue weighted by Crippen LogP contribution is -2.26. The number of halogens is 1. The SMILES string of the molecule is CS(=O)(=O)CCCNC(=O)c1cn(-c2ccccc2)nc1-c1ccc(Cl)cc1. The van der Waals surface area contributed by atoms with Gasteiger partial charge in [-0.05, 0) is 30.7 Å². The van der Waals surface area contributed by atoms with Crippen LogP contribution >= 0.6 is 11.6 Å². The smallest absolute Gasteiger partial charge is 0.255 e. The van der Waals surface area contributed by atoms with Crippen LogP contribution in [-0.2, 0) is 9.84 Å². The van der Waals surface area contributed by atoms with E-state index in [2.05, 4.69) is 10.4 Å². The molecule has 0 bridgehead atoms. The van der Waals surface area contributed by atoms with Crippen LogP contribution in [-0.4, -0.2) is 42.7 Å². The van der Waals surface area contributed by atoms with E-state index in [4.69, 9.17) is 11.6 Å². The number of amides is 1. The third-order valence-electron chi connectivity index (χ3n) is 4.07. The molecule has 1 amide bonds. The van der Waals surface area contributed by atoms with Gasteiger partial charge in [0.2, 0.25) is 0 Å². The first kappa shape index (κ1) is 20.1. The number of para-hydroxylation sites is 1. The third-order valence-corrected chi connectivity index (χ3v) is 5.36. The third kappa shape index (κ3) is 5.21. The van der Waals surface area contributed by atoms with Crippen molar-refractivity contribution in [1.29, 1.82) is 0 Å². The van der Waals surface area contributed by atoms with Gasteiger partial charge < -0.3 is 5.32 Å². The lowest BCUT2D eigenvalue weighted by Gasteiger charge is -2.05. The van der Waals surface area contributed by atoms with Gasteiger partial charge in [0.1, 0.15) is 15.5 Å². The van der Waals surface area contributed by atoms with Gasteiger partial charge in [-0.2, -0.15) is 5.10 Å². The molecule has 8 heteroatoms. The Morgan fingerprint density at radius 1 is 1.11 bits per heavy atom. The molecule has 6 nitrogen and oxygen atoms in total. The molecule has 0 spiro atoms. The summed E-state index contributed by atoms with van der Waals surface area (Å²) < 4.78 is 24.1. The summed E-state index contributed by atoms with van der Waals surface area (Å²) >= 11 is 5.97. The number of hydrogen-bond donors (Lipinski definition) is 1. The van der Waals surface area contributed by atoms with Crippen molar-refractivity contribution in [3.8, 4) is 16.9 Å². The van der Waals surface area contributed by atoms with Crippen LogP contribution in [0.4, 0.5) is 0 Å². The molecule has 3 rings (SSSR count). The number of nitrogens with zero attached hydrogens (tertiary/aromatic N) is 2. The molecule has 0 atom stereocenters. The van der Waals surface area contributed by atoms with E-state index in [-0.39, 0.29) is 18.2 Å². The van der Waals surface area contributed by atoms with Crippen LogP contribution in [0, 0.1) is 0 Å². The van der Waals surface area contributed by atoms with Crippen molar-refractivity contribution < 1.29 is 13.2 Å². The molecule has 1 N–H and O–H groups in total. The highest BCUT2D eigenvalue weighted by Gasteiger charge is 2.18. The van der Waals surface area contributed by atoms with Crippen molar-refractivity contribution in [3.63, 3.8) is 0 Å². The van der Waals surface area contributed by atoms with E-state index in [0.717, 1.165) is 11.3 Å². The molecule has 1 aromatic heterocycles. The molecule has 1 heterocycles. The number of sulfone groups is 1. The van der Waals surface area contributed by atoms with E-state index in [0.29, 0.717) is 22.7 Å². The highest BCUT2D eigenvalue weighted by Crippen LogP contribution is 2.25. The summed E-state index contributed by atoms with van der Waals surface area (Å²) in [7, 11) is -3.05. The first-order valence-corrected chi connectivity index (χ1v) is 11.1. The van der Waals surface area contributed by atoms with Gasteiger partial charge in [-0.1, -0.05) is 41.9 Å². The number of carbonyl (C=O) groups excluding carboxylic acids is 1. The van der Waals surface area contributed by atoms with E-state index in [1.807, 2.05) is 30.3 Å². The summed E-state index contributed by atoms with van der Waals surface area (Å²) in [5.41, 5.74) is 2.53. The summed E-state index contributed by atoms with van der Waals surface area (Å²) in [4.78, 5) is 12.7. The molecule has 146 valence electrons. The summed E-state index contributed by atoms with van der Waals surface area (Å²) in [6.45, 7) is 0.266. The second kappa shape index (κ2) is 8.58. The highest BCUT2D eigenvalue weighted by molar-refractivity contribution is 7.90. The van der Waals surface area contributed by atoms with Gasteiger partial charge in [-0.15, -0.1) is 0 Å². The predicted octanol–water partition coefficient (Wildman–Crippen LogP) is 3.36. The molecule has 2 aromatic carbocycles. The Kier molecular flexibility index (Phi) is 6.16. The van der Waals surface area contributed by atoms with Crippen LogP contribution in [0.15, 0.2) is 60.8 Å². The van der Waals surface area contributed by atoms with Crippen LogP contribution in [0.3, 0.4) is 0 Å². The molecular weight excluding hydrogens is 398 g/mol. The zero-order chi connectivity index (χ0) is 20.1. The number of hydrogen-bond acceptors (Lipinski definition) is 4. The average molecular weight is 418 g/mol. The maximum atomic E-state index is 12.7. The summed E-state index contributed by atoms with van der Waals surface area (Å²) in [6, 6.07) is 16.6. The van der Waals surface area contributed by atoms with Gasteiger partial charge in [-0.3, -0.25) is 4.79 Å². The summed E-state index contributed by atoms with van der Waals surface area (Å²) in [5.74, 6) is -0.277. The average Bonchev–Trinajstić information content (AvgIpc) is 3.11. The van der Waals surface area contributed by atoms with Gasteiger partial charge in [0, 0.05) is 29.6 Å². The molecule has 0 aliphatic heterocycles. The quantitative estimate of drug-likeness (QED) is 0.597. The Labute approximate surface area is 169 Å². The number of rotatable bonds is 7. The van der Waals surface area contributed by atoms with Crippen LogP contribution in [0.5, 0.6) is 0 Å². The molecule has 0 aliphatic rings. The number of aromatic nitrogens is 2. The molecule has 0 radical (unpaired) electrons. The monoisotopic (exact) mass is 417 g/mol. The Bertz CT molecular complexity index is 1060. The molecule has 0 saturated carbocycles. The molecule has 28 heavy (non-hydrogen) atoms. The van der Waals surface area contributed by atoms with Crippen molar-refractivity contribution in [2.24, 2.45) is 0 Å². The van der Waals surface area contributed by atoms with Crippen molar-refractivity contribution in [2.75, 3.05) is 18.6 Å². The van der Waals surface area contributed by atoms with Crippen LogP contribution in [0.1, 0.15) is 16.8 Å². The minimum atomic E-state index is -3.05. The van der Waals surface area contributed by atoms with E-state index >= 15 is 0 Å².